The highest BCUT2D eigenvalue weighted by Crippen LogP contribution is 2.25. The Bertz CT molecular complexity index is 249. The van der Waals surface area contributed by atoms with Crippen LogP contribution >= 0.6 is 0 Å². The minimum atomic E-state index is -0.844. The fraction of sp³-hybridized carbons (Fsp3) is 0.867. The van der Waals surface area contributed by atoms with Gasteiger partial charge in [0.05, 0.1) is 16.8 Å². The molecule has 0 aromatic heterocycles. The van der Waals surface area contributed by atoms with Crippen molar-refractivity contribution < 1.29 is 15.3 Å². The maximum absolute atomic E-state index is 10.2. The van der Waals surface area contributed by atoms with E-state index in [1.807, 2.05) is 6.92 Å². The molecule has 0 spiro atoms. The molecule has 0 aliphatic heterocycles. The Morgan fingerprint density at radius 1 is 0.833 bits per heavy atom. The van der Waals surface area contributed by atoms with Gasteiger partial charge in [0, 0.05) is 0 Å². The van der Waals surface area contributed by atoms with Gasteiger partial charge in [0.15, 0.2) is 0 Å². The smallest absolute Gasteiger partial charge is 0.0797 e. The monoisotopic (exact) mass is 258 g/mol. The van der Waals surface area contributed by atoms with Crippen LogP contribution in [0.4, 0.5) is 0 Å². The highest BCUT2D eigenvalue weighted by Gasteiger charge is 2.23. The average molecular weight is 258 g/mol. The van der Waals surface area contributed by atoms with E-state index in [0.29, 0.717) is 25.7 Å². The summed E-state index contributed by atoms with van der Waals surface area (Å²) in [6.07, 6.45) is 5.72. The van der Waals surface area contributed by atoms with Gasteiger partial charge in [0.2, 0.25) is 0 Å². The molecule has 0 amide bonds. The SMILES string of the molecule is C=CC(C)(O)CCCC(C)(O)CCCC(C)(C)O. The summed E-state index contributed by atoms with van der Waals surface area (Å²) in [7, 11) is 0. The van der Waals surface area contributed by atoms with Gasteiger partial charge in [0.1, 0.15) is 0 Å². The van der Waals surface area contributed by atoms with Crippen molar-refractivity contribution in [3.8, 4) is 0 Å². The molecular formula is C15H30O3. The lowest BCUT2D eigenvalue weighted by atomic mass is 9.88. The van der Waals surface area contributed by atoms with E-state index in [9.17, 15) is 15.3 Å². The van der Waals surface area contributed by atoms with Gasteiger partial charge < -0.3 is 15.3 Å². The first-order valence-corrected chi connectivity index (χ1v) is 6.78. The molecule has 2 atom stereocenters. The van der Waals surface area contributed by atoms with Crippen LogP contribution in [-0.4, -0.2) is 32.1 Å². The quantitative estimate of drug-likeness (QED) is 0.557. The molecule has 0 bridgehead atoms. The Kier molecular flexibility index (Phi) is 6.55. The molecule has 0 aromatic rings. The highest BCUT2D eigenvalue weighted by molar-refractivity contribution is 4.91. The maximum Gasteiger partial charge on any atom is 0.0797 e. The molecule has 0 aliphatic carbocycles. The number of rotatable bonds is 9. The number of aliphatic hydroxyl groups is 3. The second kappa shape index (κ2) is 6.69. The minimum absolute atomic E-state index is 0.609. The summed E-state index contributed by atoms with van der Waals surface area (Å²) in [5.74, 6) is 0. The van der Waals surface area contributed by atoms with E-state index in [0.717, 1.165) is 12.8 Å². The highest BCUT2D eigenvalue weighted by atomic mass is 16.3. The molecule has 0 aliphatic rings. The molecule has 108 valence electrons. The van der Waals surface area contributed by atoms with Gasteiger partial charge >= 0.3 is 0 Å². The standard InChI is InChI=1S/C15H30O3/c1-6-14(4,17)10-8-12-15(5,18)11-7-9-13(2,3)16/h6,16-18H,1,7-12H2,2-5H3. The lowest BCUT2D eigenvalue weighted by Crippen LogP contribution is -2.27. The summed E-state index contributed by atoms with van der Waals surface area (Å²) >= 11 is 0. The van der Waals surface area contributed by atoms with Crippen molar-refractivity contribution in [1.82, 2.24) is 0 Å². The fourth-order valence-corrected chi connectivity index (χ4v) is 1.96. The molecule has 3 heteroatoms. The summed E-state index contributed by atoms with van der Waals surface area (Å²) in [5, 5.41) is 29.6. The third-order valence-corrected chi connectivity index (χ3v) is 3.34. The Morgan fingerprint density at radius 2 is 1.28 bits per heavy atom. The first kappa shape index (κ1) is 17.6. The van der Waals surface area contributed by atoms with E-state index < -0.39 is 16.8 Å². The van der Waals surface area contributed by atoms with Gasteiger partial charge in [-0.25, -0.2) is 0 Å². The lowest BCUT2D eigenvalue weighted by molar-refractivity contribution is 0.0166. The Labute approximate surface area is 112 Å². The zero-order valence-electron chi connectivity index (χ0n) is 12.4. The van der Waals surface area contributed by atoms with Crippen molar-refractivity contribution >= 4 is 0 Å². The van der Waals surface area contributed by atoms with Gasteiger partial charge in [-0.2, -0.15) is 0 Å². The van der Waals surface area contributed by atoms with Gasteiger partial charge in [-0.1, -0.05) is 6.08 Å². The van der Waals surface area contributed by atoms with E-state index >= 15 is 0 Å². The molecule has 0 fully saturated rings. The predicted molar refractivity (Wildman–Crippen MR) is 75.4 cm³/mol. The molecule has 18 heavy (non-hydrogen) atoms. The van der Waals surface area contributed by atoms with E-state index in [4.69, 9.17) is 0 Å². The first-order valence-electron chi connectivity index (χ1n) is 6.78. The van der Waals surface area contributed by atoms with E-state index in [1.54, 1.807) is 20.8 Å². The second-order valence-corrected chi connectivity index (χ2v) is 6.58. The van der Waals surface area contributed by atoms with Gasteiger partial charge in [-0.05, 0) is 66.2 Å². The predicted octanol–water partition coefficient (Wildman–Crippen LogP) is 2.79. The van der Waals surface area contributed by atoms with Crippen LogP contribution in [-0.2, 0) is 0 Å². The minimum Gasteiger partial charge on any atom is -0.390 e. The molecule has 2 unspecified atom stereocenters. The number of hydrogen-bond donors (Lipinski definition) is 3. The van der Waals surface area contributed by atoms with Crippen molar-refractivity contribution in [3.05, 3.63) is 12.7 Å². The van der Waals surface area contributed by atoms with Gasteiger partial charge in [0.25, 0.3) is 0 Å². The van der Waals surface area contributed by atoms with Crippen LogP contribution in [0.5, 0.6) is 0 Å². The Balaban J connectivity index is 3.90. The second-order valence-electron chi connectivity index (χ2n) is 6.58. The van der Waals surface area contributed by atoms with Crippen LogP contribution < -0.4 is 0 Å². The van der Waals surface area contributed by atoms with Crippen LogP contribution in [0.25, 0.3) is 0 Å². The molecule has 0 rings (SSSR count). The largest absolute Gasteiger partial charge is 0.390 e. The summed E-state index contributed by atoms with van der Waals surface area (Å²) in [4.78, 5) is 0. The fourth-order valence-electron chi connectivity index (χ4n) is 1.96. The normalized spacial score (nSPS) is 19.1. The molecule has 0 saturated carbocycles. The topological polar surface area (TPSA) is 60.7 Å². The molecular weight excluding hydrogens is 228 g/mol. The van der Waals surface area contributed by atoms with Crippen molar-refractivity contribution in [1.29, 1.82) is 0 Å². The van der Waals surface area contributed by atoms with Gasteiger partial charge in [-0.3, -0.25) is 0 Å². The molecule has 0 radical (unpaired) electrons. The molecule has 0 aromatic carbocycles. The third kappa shape index (κ3) is 9.63. The van der Waals surface area contributed by atoms with Crippen molar-refractivity contribution in [2.24, 2.45) is 0 Å². The lowest BCUT2D eigenvalue weighted by Gasteiger charge is -2.27. The zero-order chi connectivity index (χ0) is 14.4. The molecule has 3 N–H and O–H groups in total. The summed E-state index contributed by atoms with van der Waals surface area (Å²) in [6.45, 7) is 10.7. The van der Waals surface area contributed by atoms with E-state index in [1.165, 1.54) is 6.08 Å². The zero-order valence-corrected chi connectivity index (χ0v) is 12.4. The summed E-state index contributed by atoms with van der Waals surface area (Å²) < 4.78 is 0. The van der Waals surface area contributed by atoms with E-state index in [2.05, 4.69) is 6.58 Å². The maximum atomic E-state index is 10.2. The third-order valence-electron chi connectivity index (χ3n) is 3.34. The summed E-state index contributed by atoms with van der Waals surface area (Å²) in [5.41, 5.74) is -2.23. The van der Waals surface area contributed by atoms with E-state index in [-0.39, 0.29) is 0 Å². The van der Waals surface area contributed by atoms with Crippen LogP contribution in [0.1, 0.15) is 66.2 Å². The first-order chi connectivity index (χ1) is 7.97. The van der Waals surface area contributed by atoms with Crippen molar-refractivity contribution in [2.75, 3.05) is 0 Å². The molecule has 0 saturated heterocycles. The van der Waals surface area contributed by atoms with Gasteiger partial charge in [-0.15, -0.1) is 6.58 Å². The Hall–Kier alpha value is -0.380. The number of hydrogen-bond acceptors (Lipinski definition) is 3. The van der Waals surface area contributed by atoms with Crippen LogP contribution in [0, 0.1) is 0 Å². The molecule has 3 nitrogen and oxygen atoms in total. The van der Waals surface area contributed by atoms with Crippen LogP contribution in [0.3, 0.4) is 0 Å². The average Bonchev–Trinajstić information content (AvgIpc) is 2.14. The Morgan fingerprint density at radius 3 is 1.67 bits per heavy atom. The van der Waals surface area contributed by atoms with Crippen molar-refractivity contribution in [3.63, 3.8) is 0 Å². The summed E-state index contributed by atoms with van der Waals surface area (Å²) in [6, 6.07) is 0. The van der Waals surface area contributed by atoms with Crippen LogP contribution in [0.15, 0.2) is 12.7 Å². The van der Waals surface area contributed by atoms with Crippen molar-refractivity contribution in [2.45, 2.75) is 83.0 Å². The van der Waals surface area contributed by atoms with Crippen LogP contribution in [0.2, 0.25) is 0 Å². The molecule has 0 heterocycles.